The van der Waals surface area contributed by atoms with Crippen LogP contribution in [0.2, 0.25) is 5.02 Å². The van der Waals surface area contributed by atoms with Gasteiger partial charge >= 0.3 is 6.18 Å². The lowest BCUT2D eigenvalue weighted by Gasteiger charge is -2.21. The first-order valence-electron chi connectivity index (χ1n) is 14.0. The summed E-state index contributed by atoms with van der Waals surface area (Å²) in [6.45, 7) is -0.445. The molecule has 2 fully saturated rings. The summed E-state index contributed by atoms with van der Waals surface area (Å²) in [5.74, 6) is -2.73. The fourth-order valence-electron chi connectivity index (χ4n) is 5.34. The number of halogens is 5. The van der Waals surface area contributed by atoms with Crippen molar-refractivity contribution in [1.82, 2.24) is 10.3 Å². The summed E-state index contributed by atoms with van der Waals surface area (Å²) in [7, 11) is 1.60. The van der Waals surface area contributed by atoms with Crippen LogP contribution in [0.25, 0.3) is 11.3 Å². The Balaban J connectivity index is 1.33. The molecule has 2 saturated carbocycles. The van der Waals surface area contributed by atoms with E-state index in [1.54, 1.807) is 25.4 Å². The van der Waals surface area contributed by atoms with Crippen LogP contribution in [0.5, 0.6) is 11.5 Å². The molecule has 0 saturated heterocycles. The van der Waals surface area contributed by atoms with Crippen LogP contribution in [0, 0.1) is 11.7 Å². The Labute approximate surface area is 250 Å². The number of aromatic nitrogens is 1. The van der Waals surface area contributed by atoms with E-state index in [-0.39, 0.29) is 52.4 Å². The van der Waals surface area contributed by atoms with Gasteiger partial charge in [0.15, 0.2) is 0 Å². The molecule has 1 unspecified atom stereocenters. The molecule has 226 valence electrons. The Morgan fingerprint density at radius 2 is 2.00 bits per heavy atom. The number of carbonyl (C=O) groups excluding carboxylic acids is 1. The number of hydrogen-bond acceptors (Lipinski definition) is 6. The van der Waals surface area contributed by atoms with Gasteiger partial charge in [0.2, 0.25) is 0 Å². The molecule has 2 heterocycles. The lowest BCUT2D eigenvalue weighted by atomic mass is 9.92. The van der Waals surface area contributed by atoms with E-state index in [2.05, 4.69) is 10.3 Å². The number of aliphatic imine (C=N–C) groups is 1. The topological polar surface area (TPSA) is 98.8 Å². The van der Waals surface area contributed by atoms with E-state index < -0.39 is 24.5 Å². The molecule has 0 spiro atoms. The Morgan fingerprint density at radius 3 is 2.65 bits per heavy atom. The molecule has 0 radical (unpaired) electrons. The Bertz CT molecular complexity index is 1600. The van der Waals surface area contributed by atoms with Crippen LogP contribution in [0.3, 0.4) is 0 Å². The highest BCUT2D eigenvalue weighted by molar-refractivity contribution is 6.31. The van der Waals surface area contributed by atoms with Crippen molar-refractivity contribution in [2.75, 3.05) is 25.9 Å². The fourth-order valence-corrected chi connectivity index (χ4v) is 5.53. The predicted octanol–water partition coefficient (Wildman–Crippen LogP) is 6.68. The van der Waals surface area contributed by atoms with Gasteiger partial charge in [0, 0.05) is 53.7 Å². The number of nitrogens with two attached hydrogens (primary N) is 1. The molecule has 0 bridgehead atoms. The molecule has 1 amide bonds. The van der Waals surface area contributed by atoms with Crippen molar-refractivity contribution in [3.63, 3.8) is 0 Å². The summed E-state index contributed by atoms with van der Waals surface area (Å²) in [5, 5.41) is 2.76. The quantitative estimate of drug-likeness (QED) is 0.159. The highest BCUT2D eigenvalue weighted by Crippen LogP contribution is 2.50. The fraction of sp³-hybridized carbons (Fsp3) is 0.387. The number of nitrogen functional groups attached to an aromatic ring is 1. The molecule has 2 aromatic carbocycles. The van der Waals surface area contributed by atoms with Gasteiger partial charge in [-0.25, -0.2) is 9.37 Å². The SMILES string of the molecule is CN=Cc1cc(C(=O)NC[C@H](c2cc3c(c(-c4ccc(F)c(Cl)c4)n2)OCC3C(F)(F)F)C2CC2)cc(OC2CC2)c1N. The van der Waals surface area contributed by atoms with Crippen LogP contribution in [-0.2, 0) is 0 Å². The summed E-state index contributed by atoms with van der Waals surface area (Å²) in [5.41, 5.74) is 8.36. The van der Waals surface area contributed by atoms with Gasteiger partial charge in [0.1, 0.15) is 35.5 Å². The number of pyridine rings is 1. The van der Waals surface area contributed by atoms with Crippen LogP contribution in [0.15, 0.2) is 41.4 Å². The van der Waals surface area contributed by atoms with Crippen LogP contribution in [0.1, 0.15) is 64.7 Å². The highest BCUT2D eigenvalue weighted by Gasteiger charge is 2.48. The van der Waals surface area contributed by atoms with Crippen LogP contribution in [-0.4, -0.2) is 49.6 Å². The number of carbonyl (C=O) groups is 1. The molecule has 2 aliphatic carbocycles. The molecule has 1 aliphatic heterocycles. The summed E-state index contributed by atoms with van der Waals surface area (Å²) < 4.78 is 67.4. The smallest absolute Gasteiger partial charge is 0.399 e. The van der Waals surface area contributed by atoms with Gasteiger partial charge in [0.05, 0.1) is 16.8 Å². The van der Waals surface area contributed by atoms with Crippen molar-refractivity contribution in [3.05, 3.63) is 69.6 Å². The van der Waals surface area contributed by atoms with E-state index in [1.807, 2.05) is 0 Å². The first-order chi connectivity index (χ1) is 20.5. The van der Waals surface area contributed by atoms with E-state index in [4.69, 9.17) is 31.8 Å². The molecule has 43 heavy (non-hydrogen) atoms. The second-order valence-electron chi connectivity index (χ2n) is 11.2. The van der Waals surface area contributed by atoms with Crippen LogP contribution in [0.4, 0.5) is 23.2 Å². The van der Waals surface area contributed by atoms with Crippen molar-refractivity contribution < 1.29 is 31.8 Å². The van der Waals surface area contributed by atoms with Crippen molar-refractivity contribution >= 4 is 29.4 Å². The second-order valence-corrected chi connectivity index (χ2v) is 11.6. The molecule has 1 aromatic heterocycles. The number of anilines is 1. The van der Waals surface area contributed by atoms with Gasteiger partial charge in [-0.15, -0.1) is 0 Å². The first kappa shape index (κ1) is 29.2. The van der Waals surface area contributed by atoms with E-state index in [0.29, 0.717) is 33.8 Å². The largest absolute Gasteiger partial charge is 0.490 e. The normalized spacial score (nSPS) is 18.8. The minimum Gasteiger partial charge on any atom is -0.490 e. The predicted molar refractivity (Wildman–Crippen MR) is 155 cm³/mol. The molecule has 12 heteroatoms. The van der Waals surface area contributed by atoms with Gasteiger partial charge in [-0.05, 0) is 68.0 Å². The average Bonchev–Trinajstić information content (AvgIpc) is 3.90. The molecular formula is C31H29ClF4N4O3. The maximum atomic E-state index is 14.0. The zero-order chi connectivity index (χ0) is 30.5. The zero-order valence-electron chi connectivity index (χ0n) is 23.2. The highest BCUT2D eigenvalue weighted by atomic mass is 35.5. The third-order valence-electron chi connectivity index (χ3n) is 7.96. The zero-order valence-corrected chi connectivity index (χ0v) is 23.9. The molecule has 7 nitrogen and oxygen atoms in total. The number of rotatable bonds is 9. The monoisotopic (exact) mass is 616 g/mol. The number of alkyl halides is 3. The van der Waals surface area contributed by atoms with Gasteiger partial charge in [-0.2, -0.15) is 13.2 Å². The second kappa shape index (κ2) is 11.3. The summed E-state index contributed by atoms with van der Waals surface area (Å²) >= 11 is 6.01. The van der Waals surface area contributed by atoms with Crippen molar-refractivity contribution in [1.29, 1.82) is 0 Å². The van der Waals surface area contributed by atoms with Gasteiger partial charge in [-0.1, -0.05) is 11.6 Å². The summed E-state index contributed by atoms with van der Waals surface area (Å²) in [6, 6.07) is 8.52. The number of benzene rings is 2. The average molecular weight is 617 g/mol. The lowest BCUT2D eigenvalue weighted by Crippen LogP contribution is -2.30. The minimum absolute atomic E-state index is 0.00233. The van der Waals surface area contributed by atoms with E-state index in [1.165, 1.54) is 18.2 Å². The lowest BCUT2D eigenvalue weighted by molar-refractivity contribution is -0.151. The summed E-state index contributed by atoms with van der Waals surface area (Å²) in [4.78, 5) is 22.1. The number of fused-ring (bicyclic) bond motifs is 1. The van der Waals surface area contributed by atoms with E-state index in [9.17, 15) is 22.4 Å². The van der Waals surface area contributed by atoms with Gasteiger partial charge in [0.25, 0.3) is 5.91 Å². The number of hydrogen-bond donors (Lipinski definition) is 2. The standard InChI is InChI=1S/C31H29ClF4N4O3/c1-38-12-18-8-17(10-26(27(18)37)43-19-5-6-19)30(41)39-13-21(15-2-3-15)25-11-20-22(31(34,35)36)14-42-29(20)28(40-25)16-4-7-24(33)23(32)9-16/h4,7-12,15,19,21-22H,2-3,5-6,13-14,37H2,1H3,(H,39,41)/t21-,22?/m0/s1. The number of nitrogens with zero attached hydrogens (tertiary/aromatic N) is 2. The molecule has 3 aromatic rings. The maximum Gasteiger partial charge on any atom is 0.399 e. The third kappa shape index (κ3) is 6.13. The first-order valence-corrected chi connectivity index (χ1v) is 14.4. The number of amides is 1. The van der Waals surface area contributed by atoms with Crippen LogP contribution >= 0.6 is 11.6 Å². The minimum atomic E-state index is -4.54. The third-order valence-corrected chi connectivity index (χ3v) is 8.25. The molecule has 6 rings (SSSR count). The van der Waals surface area contributed by atoms with Gasteiger partial charge < -0.3 is 20.5 Å². The molecule has 2 atom stereocenters. The Hall–Kier alpha value is -3.86. The number of ether oxygens (including phenoxy) is 2. The van der Waals surface area contributed by atoms with Crippen molar-refractivity contribution in [3.8, 4) is 22.8 Å². The van der Waals surface area contributed by atoms with Crippen LogP contribution < -0.4 is 20.5 Å². The van der Waals surface area contributed by atoms with E-state index in [0.717, 1.165) is 31.7 Å². The molecule has 3 N–H and O–H groups in total. The van der Waals surface area contributed by atoms with Gasteiger partial charge in [-0.3, -0.25) is 9.79 Å². The molecular weight excluding hydrogens is 588 g/mol. The van der Waals surface area contributed by atoms with E-state index >= 15 is 0 Å². The number of nitrogens with one attached hydrogen (secondary N) is 1. The summed E-state index contributed by atoms with van der Waals surface area (Å²) in [6.07, 6.45) is 0.581. The maximum absolute atomic E-state index is 14.0. The molecule has 3 aliphatic rings. The Kier molecular flexibility index (Phi) is 7.70. The Morgan fingerprint density at radius 1 is 1.23 bits per heavy atom. The van der Waals surface area contributed by atoms with Crippen molar-refractivity contribution in [2.45, 2.75) is 49.8 Å². The van der Waals surface area contributed by atoms with Crippen molar-refractivity contribution in [2.24, 2.45) is 10.9 Å².